The summed E-state index contributed by atoms with van der Waals surface area (Å²) in [5, 5.41) is 38.7. The lowest BCUT2D eigenvalue weighted by atomic mass is 9.99. The third kappa shape index (κ3) is 5.27. The van der Waals surface area contributed by atoms with Gasteiger partial charge in [0.1, 0.15) is 30.5 Å². The standard InChI is InChI=1S/C22H24O9/c1-12(14-8-5-9-15(10-14)17(24)13-6-3-2-4-7-13)29-22(28)31-21-20(27)19(26)18(25)16(11-23)30-21/h2-10,12,16,18-21,23,25-27H,11H2,1H3/t12-,16-,18-,19+,20-,21+/m0/s1. The number of ether oxygens (including phenoxy) is 3. The molecule has 4 N–H and O–H groups in total. The van der Waals surface area contributed by atoms with E-state index in [-0.39, 0.29) is 5.78 Å². The van der Waals surface area contributed by atoms with Crippen LogP contribution >= 0.6 is 0 Å². The van der Waals surface area contributed by atoms with Gasteiger partial charge in [-0.05, 0) is 18.6 Å². The fraction of sp³-hybridized carbons (Fsp3) is 0.364. The summed E-state index contributed by atoms with van der Waals surface area (Å²) in [5.41, 5.74) is 1.48. The zero-order valence-corrected chi connectivity index (χ0v) is 16.7. The molecule has 0 aliphatic carbocycles. The van der Waals surface area contributed by atoms with E-state index in [2.05, 4.69) is 0 Å². The number of ketones is 1. The monoisotopic (exact) mass is 432 g/mol. The Morgan fingerprint density at radius 3 is 2.32 bits per heavy atom. The molecule has 1 heterocycles. The molecule has 0 radical (unpaired) electrons. The second kappa shape index (κ2) is 9.99. The molecule has 2 aromatic carbocycles. The van der Waals surface area contributed by atoms with Crippen LogP contribution in [0.25, 0.3) is 0 Å². The van der Waals surface area contributed by atoms with E-state index in [1.54, 1.807) is 55.5 Å². The van der Waals surface area contributed by atoms with E-state index < -0.39 is 49.6 Å². The highest BCUT2D eigenvalue weighted by atomic mass is 16.8. The van der Waals surface area contributed by atoms with Crippen molar-refractivity contribution in [3.8, 4) is 0 Å². The Hall–Kier alpha value is -2.82. The van der Waals surface area contributed by atoms with Gasteiger partial charge < -0.3 is 34.6 Å². The van der Waals surface area contributed by atoms with E-state index >= 15 is 0 Å². The lowest BCUT2D eigenvalue weighted by Gasteiger charge is -2.38. The molecule has 3 rings (SSSR count). The van der Waals surface area contributed by atoms with Gasteiger partial charge in [-0.1, -0.05) is 48.5 Å². The fourth-order valence-corrected chi connectivity index (χ4v) is 3.19. The van der Waals surface area contributed by atoms with Gasteiger partial charge in [0.25, 0.3) is 0 Å². The molecule has 2 aromatic rings. The molecule has 0 bridgehead atoms. The summed E-state index contributed by atoms with van der Waals surface area (Å²) < 4.78 is 15.2. The minimum atomic E-state index is -1.73. The highest BCUT2D eigenvalue weighted by Crippen LogP contribution is 2.24. The van der Waals surface area contributed by atoms with E-state index in [4.69, 9.17) is 14.2 Å². The molecule has 0 spiro atoms. The number of carbonyl (C=O) groups excluding carboxylic acids is 2. The van der Waals surface area contributed by atoms with Crippen LogP contribution in [0.3, 0.4) is 0 Å². The van der Waals surface area contributed by atoms with Crippen LogP contribution in [-0.2, 0) is 14.2 Å². The van der Waals surface area contributed by atoms with E-state index in [1.165, 1.54) is 0 Å². The van der Waals surface area contributed by atoms with Gasteiger partial charge in [0.05, 0.1) is 6.61 Å². The van der Waals surface area contributed by atoms with Crippen LogP contribution in [0.5, 0.6) is 0 Å². The van der Waals surface area contributed by atoms with Crippen molar-refractivity contribution in [2.45, 2.75) is 43.7 Å². The largest absolute Gasteiger partial charge is 0.511 e. The number of benzene rings is 2. The van der Waals surface area contributed by atoms with Gasteiger partial charge in [0.15, 0.2) is 5.78 Å². The van der Waals surface area contributed by atoms with E-state index in [0.29, 0.717) is 16.7 Å². The molecule has 6 atom stereocenters. The Balaban J connectivity index is 1.64. The van der Waals surface area contributed by atoms with Gasteiger partial charge >= 0.3 is 6.16 Å². The quantitative estimate of drug-likeness (QED) is 0.387. The maximum atomic E-state index is 12.6. The molecular weight excluding hydrogens is 408 g/mol. The molecule has 1 aliphatic rings. The highest BCUT2D eigenvalue weighted by Gasteiger charge is 2.45. The summed E-state index contributed by atoms with van der Waals surface area (Å²) >= 11 is 0. The molecule has 1 aliphatic heterocycles. The first-order valence-electron chi connectivity index (χ1n) is 9.69. The van der Waals surface area contributed by atoms with Crippen LogP contribution in [0.15, 0.2) is 54.6 Å². The fourth-order valence-electron chi connectivity index (χ4n) is 3.19. The first kappa shape index (κ1) is 22.9. The second-order valence-electron chi connectivity index (χ2n) is 7.15. The van der Waals surface area contributed by atoms with Crippen molar-refractivity contribution in [3.05, 3.63) is 71.3 Å². The smallest absolute Gasteiger partial charge is 0.426 e. The molecule has 0 amide bonds. The van der Waals surface area contributed by atoms with Crippen LogP contribution in [0.1, 0.15) is 34.5 Å². The Kier molecular flexibility index (Phi) is 7.37. The van der Waals surface area contributed by atoms with Gasteiger partial charge in [0.2, 0.25) is 6.29 Å². The third-order valence-electron chi connectivity index (χ3n) is 4.99. The molecule has 0 saturated carbocycles. The molecule has 1 saturated heterocycles. The molecule has 0 aromatic heterocycles. The first-order chi connectivity index (χ1) is 14.8. The van der Waals surface area contributed by atoms with E-state index in [9.17, 15) is 30.0 Å². The van der Waals surface area contributed by atoms with Crippen molar-refractivity contribution in [1.29, 1.82) is 0 Å². The van der Waals surface area contributed by atoms with Crippen molar-refractivity contribution in [3.63, 3.8) is 0 Å². The average Bonchev–Trinajstić information content (AvgIpc) is 2.79. The van der Waals surface area contributed by atoms with Gasteiger partial charge in [-0.15, -0.1) is 0 Å². The number of rotatable bonds is 6. The number of hydrogen-bond acceptors (Lipinski definition) is 9. The molecule has 166 valence electrons. The van der Waals surface area contributed by atoms with Gasteiger partial charge in [-0.25, -0.2) is 4.79 Å². The average molecular weight is 432 g/mol. The molecule has 1 fully saturated rings. The van der Waals surface area contributed by atoms with E-state index in [1.807, 2.05) is 6.07 Å². The van der Waals surface area contributed by atoms with Crippen LogP contribution in [0.4, 0.5) is 4.79 Å². The number of aliphatic hydroxyl groups is 4. The van der Waals surface area contributed by atoms with Crippen molar-refractivity contribution < 1.29 is 44.2 Å². The van der Waals surface area contributed by atoms with Gasteiger partial charge in [0, 0.05) is 11.1 Å². The Labute approximate surface area is 178 Å². The Morgan fingerprint density at radius 2 is 1.65 bits per heavy atom. The molecule has 9 nitrogen and oxygen atoms in total. The summed E-state index contributed by atoms with van der Waals surface area (Å²) in [4.78, 5) is 24.8. The SMILES string of the molecule is C[C@H](OC(=O)O[C@H]1O[C@@H](CO)[C@H](O)[C@@H](O)[C@@H]1O)c1cccc(C(=O)c2ccccc2)c1. The van der Waals surface area contributed by atoms with Gasteiger partial charge in [-0.3, -0.25) is 4.79 Å². The maximum absolute atomic E-state index is 12.6. The topological polar surface area (TPSA) is 143 Å². The molecule has 31 heavy (non-hydrogen) atoms. The Morgan fingerprint density at radius 1 is 0.968 bits per heavy atom. The van der Waals surface area contributed by atoms with Crippen molar-refractivity contribution >= 4 is 11.9 Å². The maximum Gasteiger partial charge on any atom is 0.511 e. The predicted octanol–water partition coefficient (Wildman–Crippen LogP) is 0.932. The molecule has 9 heteroatoms. The van der Waals surface area contributed by atoms with Crippen LogP contribution < -0.4 is 0 Å². The van der Waals surface area contributed by atoms with Crippen molar-refractivity contribution in [2.75, 3.05) is 6.61 Å². The van der Waals surface area contributed by atoms with Crippen LogP contribution in [-0.4, -0.2) is 69.7 Å². The minimum absolute atomic E-state index is 0.182. The number of aliphatic hydroxyl groups excluding tert-OH is 4. The zero-order valence-electron chi connectivity index (χ0n) is 16.7. The van der Waals surface area contributed by atoms with E-state index in [0.717, 1.165) is 0 Å². The molecule has 0 unspecified atom stereocenters. The normalized spacial score (nSPS) is 26.7. The van der Waals surface area contributed by atoms with Gasteiger partial charge in [-0.2, -0.15) is 0 Å². The van der Waals surface area contributed by atoms with Crippen molar-refractivity contribution in [1.82, 2.24) is 0 Å². The lowest BCUT2D eigenvalue weighted by Crippen LogP contribution is -2.59. The summed E-state index contributed by atoms with van der Waals surface area (Å²) in [6, 6.07) is 15.3. The van der Waals surface area contributed by atoms with Crippen LogP contribution in [0, 0.1) is 0 Å². The predicted molar refractivity (Wildman–Crippen MR) is 106 cm³/mol. The summed E-state index contributed by atoms with van der Waals surface area (Å²) in [5.74, 6) is -0.182. The number of carbonyl (C=O) groups is 2. The van der Waals surface area contributed by atoms with Crippen molar-refractivity contribution in [2.24, 2.45) is 0 Å². The van der Waals surface area contributed by atoms with Crippen LogP contribution in [0.2, 0.25) is 0 Å². The summed E-state index contributed by atoms with van der Waals surface area (Å²) in [6.45, 7) is 0.916. The summed E-state index contributed by atoms with van der Waals surface area (Å²) in [7, 11) is 0. The zero-order chi connectivity index (χ0) is 22.5. The number of hydrogen-bond donors (Lipinski definition) is 4. The Bertz CT molecular complexity index is 899. The minimum Gasteiger partial charge on any atom is -0.426 e. The summed E-state index contributed by atoms with van der Waals surface area (Å²) in [6.07, 6.45) is -9.83. The molecular formula is C22H24O9. The first-order valence-corrected chi connectivity index (χ1v) is 9.69. The second-order valence-corrected chi connectivity index (χ2v) is 7.15. The third-order valence-corrected chi connectivity index (χ3v) is 4.99. The highest BCUT2D eigenvalue weighted by molar-refractivity contribution is 6.09. The lowest BCUT2D eigenvalue weighted by molar-refractivity contribution is -0.289.